The lowest BCUT2D eigenvalue weighted by Crippen LogP contribution is -2.71. The number of hydrogen-bond donors (Lipinski definition) is 17. The molecule has 0 aromatic heterocycles. The monoisotopic (exact) mass is 1220 g/mol. The Morgan fingerprint density at radius 1 is 0.576 bits per heavy atom. The maximum Gasteiger partial charge on any atom is 0.317 e. The van der Waals surface area contributed by atoms with Crippen LogP contribution in [0.25, 0.3) is 0 Å². The number of esters is 1. The molecule has 10 rings (SSSR count). The Bertz CT molecular complexity index is 2350. The summed E-state index contributed by atoms with van der Waals surface area (Å²) in [7, 11) is 0. The van der Waals surface area contributed by atoms with Crippen LogP contribution in [0.1, 0.15) is 106 Å². The summed E-state index contributed by atoms with van der Waals surface area (Å²) < 4.78 is 58.4. The highest BCUT2D eigenvalue weighted by atomic mass is 16.8. The molecule has 9 fully saturated rings. The van der Waals surface area contributed by atoms with Gasteiger partial charge in [-0.25, -0.2) is 0 Å². The van der Waals surface area contributed by atoms with E-state index in [1.54, 1.807) is 0 Å². The molecule has 85 heavy (non-hydrogen) atoms. The van der Waals surface area contributed by atoms with Gasteiger partial charge in [0.1, 0.15) is 84.8 Å². The van der Waals surface area contributed by atoms with E-state index in [1.807, 2.05) is 6.92 Å². The van der Waals surface area contributed by atoms with E-state index in [2.05, 4.69) is 33.8 Å². The molecule has 5 aliphatic heterocycles. The molecule has 5 saturated heterocycles. The second kappa shape index (κ2) is 24.3. The average Bonchev–Trinajstić information content (AvgIpc) is 0.927. The van der Waals surface area contributed by atoms with Gasteiger partial charge in [0.15, 0.2) is 37.7 Å². The molecule has 0 aromatic rings. The predicted octanol–water partition coefficient (Wildman–Crippen LogP) is -4.68. The number of ether oxygens (including phenoxy) is 10. The summed E-state index contributed by atoms with van der Waals surface area (Å²) in [5, 5.41) is 186. The fourth-order valence-electron chi connectivity index (χ4n) is 17.5. The van der Waals surface area contributed by atoms with Crippen molar-refractivity contribution in [3.8, 4) is 0 Å². The Labute approximate surface area is 491 Å². The fraction of sp³-hybridized carbons (Fsp3) is 0.947. The lowest BCUT2D eigenvalue weighted by molar-refractivity contribution is -0.381. The van der Waals surface area contributed by atoms with Gasteiger partial charge in [0.2, 0.25) is 6.29 Å². The van der Waals surface area contributed by atoms with Crippen LogP contribution >= 0.6 is 0 Å². The Balaban J connectivity index is 0.851. The molecule has 5 heterocycles. The third-order valence-electron chi connectivity index (χ3n) is 22.5. The van der Waals surface area contributed by atoms with Crippen LogP contribution in [0, 0.1) is 50.2 Å². The highest BCUT2D eigenvalue weighted by Gasteiger charge is 2.74. The molecule has 28 nitrogen and oxygen atoms in total. The topological polar surface area (TPSA) is 453 Å². The van der Waals surface area contributed by atoms with Crippen molar-refractivity contribution in [1.29, 1.82) is 0 Å². The van der Waals surface area contributed by atoms with E-state index >= 15 is 4.79 Å². The van der Waals surface area contributed by atoms with Crippen LogP contribution in [0.2, 0.25) is 0 Å². The van der Waals surface area contributed by atoms with Gasteiger partial charge in [-0.2, -0.15) is 0 Å². The van der Waals surface area contributed by atoms with Crippen LogP contribution in [0.3, 0.4) is 0 Å². The highest BCUT2D eigenvalue weighted by molar-refractivity contribution is 5.80. The third kappa shape index (κ3) is 10.9. The van der Waals surface area contributed by atoms with Gasteiger partial charge in [-0.3, -0.25) is 4.79 Å². The second-order valence-corrected chi connectivity index (χ2v) is 27.7. The van der Waals surface area contributed by atoms with E-state index in [0.717, 1.165) is 5.57 Å². The summed E-state index contributed by atoms with van der Waals surface area (Å²) in [5.74, 6) is -2.23. The molecule has 4 saturated carbocycles. The average molecular weight is 1230 g/mol. The van der Waals surface area contributed by atoms with Crippen LogP contribution in [-0.4, -0.2) is 273 Å². The van der Waals surface area contributed by atoms with Gasteiger partial charge in [-0.15, -0.1) is 0 Å². The molecule has 0 aromatic carbocycles. The fourth-order valence-corrected chi connectivity index (χ4v) is 17.5. The summed E-state index contributed by atoms with van der Waals surface area (Å²) in [4.78, 5) is 15.4. The Morgan fingerprint density at radius 2 is 1.19 bits per heavy atom. The van der Waals surface area contributed by atoms with E-state index in [-0.39, 0.29) is 37.0 Å². The zero-order valence-electron chi connectivity index (χ0n) is 48.7. The van der Waals surface area contributed by atoms with Gasteiger partial charge in [-0.1, -0.05) is 46.3 Å². The number of rotatable bonds is 14. The largest absolute Gasteiger partial charge is 0.432 e. The standard InChI is InChI=1S/C57H92O28/c1-22-42(80-34-14-25(62)43(46(74)81-34)82-49-39(70)36(67)30(19-59)78-49)38(69)41(72)48(76-22)77-28-13-26(63)45(73)84-47(28)85-51(75)57-12-11-52(2,3)15-24(57)23-7-8-31-53(4)16-27(64)44(83-50-40(71)37(68)35(66)29(18-58)79-50)56(20-60,21-61)32(53)9-10-54(31,5)55(23,6)17-33(57)65/h7,22,24-50,58-74H,8-21H2,1-6H3/t22-,24-,25-,26+,27-,28+,29+,30-,31?,32+,33+,34+,35+,36+,37-,38-,39+,40+,41+,42-,43+,44-,45-,46+,47-,48-,49-,50-,53+,54+,55+,57+/m0/s1. The maximum atomic E-state index is 15.4. The van der Waals surface area contributed by atoms with E-state index in [1.165, 1.54) is 6.92 Å². The third-order valence-corrected chi connectivity index (χ3v) is 22.5. The van der Waals surface area contributed by atoms with Gasteiger partial charge in [-0.05, 0) is 97.7 Å². The molecule has 0 spiro atoms. The van der Waals surface area contributed by atoms with Gasteiger partial charge < -0.3 is 134 Å². The first kappa shape index (κ1) is 66.1. The van der Waals surface area contributed by atoms with Crippen LogP contribution in [0.5, 0.6) is 0 Å². The predicted molar refractivity (Wildman–Crippen MR) is 281 cm³/mol. The molecule has 28 heteroatoms. The maximum absolute atomic E-state index is 15.4. The summed E-state index contributed by atoms with van der Waals surface area (Å²) >= 11 is 0. The molecule has 0 radical (unpaired) electrons. The smallest absolute Gasteiger partial charge is 0.317 e. The minimum absolute atomic E-state index is 0.0810. The Kier molecular flexibility index (Phi) is 18.9. The lowest BCUT2D eigenvalue weighted by Gasteiger charge is -2.72. The van der Waals surface area contributed by atoms with E-state index in [4.69, 9.17) is 47.4 Å². The van der Waals surface area contributed by atoms with E-state index in [9.17, 15) is 86.8 Å². The quantitative estimate of drug-likeness (QED) is 0.0441. The van der Waals surface area contributed by atoms with E-state index in [0.29, 0.717) is 32.1 Å². The molecular weight excluding hydrogens is 1130 g/mol. The molecular formula is C57H92O28. The Hall–Kier alpha value is -1.83. The highest BCUT2D eigenvalue weighted by Crippen LogP contribution is 2.76. The first-order valence-corrected chi connectivity index (χ1v) is 30.0. The van der Waals surface area contributed by atoms with Crippen molar-refractivity contribution in [2.75, 3.05) is 26.4 Å². The molecule has 488 valence electrons. The van der Waals surface area contributed by atoms with Crippen LogP contribution in [0.15, 0.2) is 11.6 Å². The van der Waals surface area contributed by atoms with Crippen LogP contribution < -0.4 is 0 Å². The van der Waals surface area contributed by atoms with Gasteiger partial charge in [0.05, 0.1) is 56.9 Å². The molecule has 10 aliphatic rings. The summed E-state index contributed by atoms with van der Waals surface area (Å²) in [6, 6.07) is 0. The number of carbonyl (C=O) groups is 1. The number of hydrogen-bond acceptors (Lipinski definition) is 28. The van der Waals surface area contributed by atoms with Crippen molar-refractivity contribution in [3.05, 3.63) is 11.6 Å². The van der Waals surface area contributed by atoms with Crippen molar-refractivity contribution in [3.63, 3.8) is 0 Å². The van der Waals surface area contributed by atoms with Crippen molar-refractivity contribution in [2.24, 2.45) is 50.2 Å². The number of carbonyl (C=O) groups excluding carboxylic acids is 1. The normalized spacial score (nSPS) is 54.0. The molecule has 1 unspecified atom stereocenters. The minimum Gasteiger partial charge on any atom is -0.432 e. The van der Waals surface area contributed by atoms with Crippen molar-refractivity contribution in [2.45, 2.75) is 260 Å². The molecule has 32 atom stereocenters. The molecule has 0 bridgehead atoms. The number of aliphatic hydroxyl groups excluding tert-OH is 17. The van der Waals surface area contributed by atoms with E-state index < -0.39 is 232 Å². The van der Waals surface area contributed by atoms with Gasteiger partial charge in [0.25, 0.3) is 0 Å². The summed E-state index contributed by atoms with van der Waals surface area (Å²) in [6.45, 7) is 9.25. The van der Waals surface area contributed by atoms with Crippen LogP contribution in [-0.2, 0) is 52.2 Å². The lowest BCUT2D eigenvalue weighted by atomic mass is 9.33. The summed E-state index contributed by atoms with van der Waals surface area (Å²) in [6.07, 6.45) is -35.1. The van der Waals surface area contributed by atoms with Crippen molar-refractivity contribution >= 4 is 5.97 Å². The second-order valence-electron chi connectivity index (χ2n) is 27.7. The van der Waals surface area contributed by atoms with Gasteiger partial charge >= 0.3 is 5.97 Å². The number of aliphatic hydroxyl groups is 17. The van der Waals surface area contributed by atoms with Crippen LogP contribution in [0.4, 0.5) is 0 Å². The summed E-state index contributed by atoms with van der Waals surface area (Å²) in [5.41, 5.74) is -4.76. The molecule has 5 aliphatic carbocycles. The minimum atomic E-state index is -1.91. The van der Waals surface area contributed by atoms with Crippen molar-refractivity contribution < 1.29 is 139 Å². The first-order valence-electron chi connectivity index (χ1n) is 30.0. The molecule has 0 amide bonds. The number of allylic oxidation sites excluding steroid dienone is 2. The van der Waals surface area contributed by atoms with Crippen molar-refractivity contribution in [1.82, 2.24) is 0 Å². The van der Waals surface area contributed by atoms with Gasteiger partial charge in [0, 0.05) is 18.3 Å². The molecule has 17 N–H and O–H groups in total. The number of fused-ring (bicyclic) bond motifs is 7. The SMILES string of the molecule is C[C@@H]1O[C@@H](O[C@@H]2C[C@@H](O)[C@@H](O)O[C@H]2OC(=O)[C@]23CCC(C)(C)C[C@H]2C2=CCC4[C@@]5(C)C[C@H](O)[C@H](O[C@@H]6O[C@H](CO)[C@@H](O)[C@H](O)[C@H]6O)C(CO)(CO)[C@@H]5CC[C@@]4(C)[C@]2(C)C[C@H]3O)[C@H](O)[C@H](O)[C@H]1O[C@H]1C[C@H](O)[C@@H](O[C@@H]2O[C@@H](CO)[C@@H](O)[C@H]2O)[C@H](O)O1. The Morgan fingerprint density at radius 3 is 1.82 bits per heavy atom. The zero-order chi connectivity index (χ0) is 62.0. The zero-order valence-corrected chi connectivity index (χ0v) is 48.7. The first-order chi connectivity index (χ1) is 39.9.